The number of hydrogen-bond acceptors (Lipinski definition) is 4. The van der Waals surface area contributed by atoms with E-state index in [1.165, 1.54) is 18.2 Å². The summed E-state index contributed by atoms with van der Waals surface area (Å²) in [6, 6.07) is 21.0. The van der Waals surface area contributed by atoms with E-state index >= 15 is 0 Å². The molecule has 1 aliphatic rings. The molecule has 1 heterocycles. The van der Waals surface area contributed by atoms with Crippen molar-refractivity contribution in [3.05, 3.63) is 105 Å². The molecule has 0 unspecified atom stereocenters. The number of esters is 1. The first-order chi connectivity index (χ1) is 14.1. The molecule has 4 rings (SSSR count). The van der Waals surface area contributed by atoms with E-state index in [1.54, 1.807) is 12.1 Å². The van der Waals surface area contributed by atoms with Crippen molar-refractivity contribution in [2.75, 3.05) is 0 Å². The van der Waals surface area contributed by atoms with Gasteiger partial charge in [0.05, 0.1) is 0 Å². The molecule has 0 aromatic heterocycles. The number of hydrogen-bond donors (Lipinski definition) is 0. The Morgan fingerprint density at radius 1 is 1.03 bits per heavy atom. The highest BCUT2D eigenvalue weighted by molar-refractivity contribution is 9.10. The van der Waals surface area contributed by atoms with Crippen molar-refractivity contribution < 1.29 is 18.7 Å². The first-order valence-corrected chi connectivity index (χ1v) is 9.62. The van der Waals surface area contributed by atoms with Crippen LogP contribution in [0.15, 0.2) is 88.0 Å². The van der Waals surface area contributed by atoms with Crippen molar-refractivity contribution in [2.45, 2.75) is 6.61 Å². The zero-order chi connectivity index (χ0) is 20.2. The van der Waals surface area contributed by atoms with Crippen molar-refractivity contribution in [3.63, 3.8) is 0 Å². The third kappa shape index (κ3) is 4.78. The molecule has 3 aromatic carbocycles. The average Bonchev–Trinajstić information content (AvgIpc) is 3.09. The van der Waals surface area contributed by atoms with Crippen molar-refractivity contribution in [1.82, 2.24) is 0 Å². The molecule has 29 heavy (non-hydrogen) atoms. The quantitative estimate of drug-likeness (QED) is 0.379. The molecule has 0 saturated heterocycles. The largest absolute Gasteiger partial charge is 0.489 e. The zero-order valence-corrected chi connectivity index (χ0v) is 16.7. The van der Waals surface area contributed by atoms with Crippen LogP contribution in [-0.2, 0) is 16.1 Å². The Balaban J connectivity index is 1.45. The van der Waals surface area contributed by atoms with E-state index in [4.69, 9.17) is 9.47 Å². The summed E-state index contributed by atoms with van der Waals surface area (Å²) in [7, 11) is 0. The Morgan fingerprint density at radius 2 is 1.79 bits per heavy atom. The first-order valence-electron chi connectivity index (χ1n) is 8.83. The summed E-state index contributed by atoms with van der Waals surface area (Å²) in [5.41, 5.74) is 2.41. The van der Waals surface area contributed by atoms with Crippen molar-refractivity contribution in [3.8, 4) is 5.75 Å². The van der Waals surface area contributed by atoms with Crippen molar-refractivity contribution in [1.29, 1.82) is 0 Å². The van der Waals surface area contributed by atoms with Gasteiger partial charge in [-0.15, -0.1) is 0 Å². The van der Waals surface area contributed by atoms with Gasteiger partial charge in [-0.2, -0.15) is 0 Å². The van der Waals surface area contributed by atoms with Gasteiger partial charge in [0.2, 0.25) is 5.90 Å². The summed E-state index contributed by atoms with van der Waals surface area (Å²) >= 11 is 3.40. The van der Waals surface area contributed by atoms with Crippen LogP contribution in [0.2, 0.25) is 0 Å². The predicted molar refractivity (Wildman–Crippen MR) is 112 cm³/mol. The first kappa shape index (κ1) is 19.1. The summed E-state index contributed by atoms with van der Waals surface area (Å²) in [5.74, 6) is -0.180. The normalized spacial score (nSPS) is 14.6. The standard InChI is InChI=1S/C23H15BrFNO3/c24-18-8-4-16(5-9-18)14-28-20-10-6-15(7-11-20)12-21-23(27)29-22(26-21)17-2-1-3-19(25)13-17/h1-13H,14H2/b21-12+. The predicted octanol–water partition coefficient (Wildman–Crippen LogP) is 5.51. The Hall–Kier alpha value is -3.25. The summed E-state index contributed by atoms with van der Waals surface area (Å²) in [6.45, 7) is 0.460. The second kappa shape index (κ2) is 8.41. The van der Waals surface area contributed by atoms with Crippen LogP contribution in [-0.4, -0.2) is 11.9 Å². The fourth-order valence-electron chi connectivity index (χ4n) is 2.72. The SMILES string of the molecule is O=C1OC(c2cccc(F)c2)=N/C1=C/c1ccc(OCc2ccc(Br)cc2)cc1. The molecule has 0 atom stereocenters. The molecule has 0 amide bonds. The Bertz CT molecular complexity index is 1110. The molecule has 0 N–H and O–H groups in total. The van der Waals surface area contributed by atoms with Crippen molar-refractivity contribution in [2.24, 2.45) is 4.99 Å². The summed E-state index contributed by atoms with van der Waals surface area (Å²) in [5, 5.41) is 0. The fourth-order valence-corrected chi connectivity index (χ4v) is 2.98. The van der Waals surface area contributed by atoms with E-state index in [1.807, 2.05) is 48.5 Å². The molecule has 0 radical (unpaired) electrons. The van der Waals surface area contributed by atoms with Crippen LogP contribution in [0.25, 0.3) is 6.08 Å². The molecule has 3 aromatic rings. The van der Waals surface area contributed by atoms with Gasteiger partial charge < -0.3 is 9.47 Å². The fraction of sp³-hybridized carbons (Fsp3) is 0.0435. The summed E-state index contributed by atoms with van der Waals surface area (Å²) in [6.07, 6.45) is 1.62. The molecule has 0 fully saturated rings. The van der Waals surface area contributed by atoms with E-state index in [0.717, 1.165) is 15.6 Å². The second-order valence-corrected chi connectivity index (χ2v) is 7.25. The van der Waals surface area contributed by atoms with Gasteiger partial charge >= 0.3 is 5.97 Å². The number of nitrogens with zero attached hydrogens (tertiary/aromatic N) is 1. The monoisotopic (exact) mass is 451 g/mol. The average molecular weight is 452 g/mol. The number of ether oxygens (including phenoxy) is 2. The lowest BCUT2D eigenvalue weighted by Crippen LogP contribution is -2.05. The van der Waals surface area contributed by atoms with Gasteiger partial charge in [0.15, 0.2) is 5.70 Å². The molecule has 0 bridgehead atoms. The lowest BCUT2D eigenvalue weighted by molar-refractivity contribution is -0.129. The molecule has 4 nitrogen and oxygen atoms in total. The van der Waals surface area contributed by atoms with E-state index < -0.39 is 11.8 Å². The molecule has 1 aliphatic heterocycles. The second-order valence-electron chi connectivity index (χ2n) is 6.33. The van der Waals surface area contributed by atoms with Gasteiger partial charge in [-0.3, -0.25) is 0 Å². The maximum Gasteiger partial charge on any atom is 0.363 e. The van der Waals surface area contributed by atoms with Gasteiger partial charge in [-0.1, -0.05) is 46.3 Å². The topological polar surface area (TPSA) is 47.9 Å². The van der Waals surface area contributed by atoms with Gasteiger partial charge in [0, 0.05) is 10.0 Å². The molecule has 0 aliphatic carbocycles. The lowest BCUT2D eigenvalue weighted by Gasteiger charge is -2.06. The van der Waals surface area contributed by atoms with E-state index in [2.05, 4.69) is 20.9 Å². The molecular formula is C23H15BrFNO3. The van der Waals surface area contributed by atoms with Gasteiger partial charge in [0.1, 0.15) is 18.2 Å². The van der Waals surface area contributed by atoms with E-state index in [-0.39, 0.29) is 11.6 Å². The smallest absolute Gasteiger partial charge is 0.363 e. The summed E-state index contributed by atoms with van der Waals surface area (Å²) < 4.78 is 25.3. The molecule has 144 valence electrons. The Kier molecular flexibility index (Phi) is 5.53. The molecule has 6 heteroatoms. The van der Waals surface area contributed by atoms with Gasteiger partial charge in [-0.05, 0) is 59.7 Å². The highest BCUT2D eigenvalue weighted by Gasteiger charge is 2.24. The number of carbonyl (C=O) groups excluding carboxylic acids is 1. The third-order valence-electron chi connectivity index (χ3n) is 4.19. The van der Waals surface area contributed by atoms with Gasteiger partial charge in [-0.25, -0.2) is 14.2 Å². The zero-order valence-electron chi connectivity index (χ0n) is 15.1. The summed E-state index contributed by atoms with van der Waals surface area (Å²) in [4.78, 5) is 16.3. The minimum absolute atomic E-state index is 0.0928. The number of carbonyl (C=O) groups is 1. The van der Waals surface area contributed by atoms with Crippen LogP contribution in [0.1, 0.15) is 16.7 Å². The van der Waals surface area contributed by atoms with Crippen LogP contribution in [0.4, 0.5) is 4.39 Å². The van der Waals surface area contributed by atoms with Crippen LogP contribution in [0, 0.1) is 5.82 Å². The van der Waals surface area contributed by atoms with Gasteiger partial charge in [0.25, 0.3) is 0 Å². The Labute approximate surface area is 175 Å². The van der Waals surface area contributed by atoms with Crippen LogP contribution >= 0.6 is 15.9 Å². The third-order valence-corrected chi connectivity index (χ3v) is 4.72. The number of rotatable bonds is 5. The molecule has 0 spiro atoms. The number of cyclic esters (lactones) is 1. The Morgan fingerprint density at radius 3 is 2.52 bits per heavy atom. The highest BCUT2D eigenvalue weighted by Crippen LogP contribution is 2.21. The lowest BCUT2D eigenvalue weighted by atomic mass is 10.2. The highest BCUT2D eigenvalue weighted by atomic mass is 79.9. The van der Waals surface area contributed by atoms with E-state index in [9.17, 15) is 9.18 Å². The number of aliphatic imine (C=N–C) groups is 1. The van der Waals surface area contributed by atoms with Crippen LogP contribution < -0.4 is 4.74 Å². The number of halogens is 2. The maximum atomic E-state index is 13.4. The minimum atomic E-state index is -0.570. The van der Waals surface area contributed by atoms with Crippen LogP contribution in [0.3, 0.4) is 0 Å². The maximum absolute atomic E-state index is 13.4. The van der Waals surface area contributed by atoms with E-state index in [0.29, 0.717) is 17.9 Å². The molecular weight excluding hydrogens is 437 g/mol. The molecule has 0 saturated carbocycles. The minimum Gasteiger partial charge on any atom is -0.489 e. The van der Waals surface area contributed by atoms with Crippen molar-refractivity contribution >= 4 is 33.9 Å². The number of benzene rings is 3. The van der Waals surface area contributed by atoms with Crippen LogP contribution in [0.5, 0.6) is 5.75 Å².